The van der Waals surface area contributed by atoms with Crippen LogP contribution in [0.25, 0.3) is 0 Å². The highest BCUT2D eigenvalue weighted by Crippen LogP contribution is 2.42. The monoisotopic (exact) mass is 362 g/mol. The van der Waals surface area contributed by atoms with E-state index in [9.17, 15) is 8.78 Å². The van der Waals surface area contributed by atoms with Gasteiger partial charge >= 0.3 is 0 Å². The van der Waals surface area contributed by atoms with Crippen LogP contribution in [-0.4, -0.2) is 0 Å². The fraction of sp³-hybridized carbons (Fsp3) is 0.750. The fourth-order valence-corrected chi connectivity index (χ4v) is 5.67. The van der Waals surface area contributed by atoms with Crippen LogP contribution in [0.2, 0.25) is 0 Å². The van der Waals surface area contributed by atoms with Crippen molar-refractivity contribution in [1.29, 1.82) is 0 Å². The first kappa shape index (κ1) is 19.8. The molecule has 0 N–H and O–H groups in total. The van der Waals surface area contributed by atoms with Gasteiger partial charge in [0.15, 0.2) is 11.6 Å². The summed E-state index contributed by atoms with van der Waals surface area (Å²) >= 11 is 0. The van der Waals surface area contributed by atoms with Gasteiger partial charge in [0.2, 0.25) is 0 Å². The normalized spacial score (nSPS) is 30.9. The molecule has 1 aromatic carbocycles. The van der Waals surface area contributed by atoms with E-state index in [0.717, 1.165) is 42.1 Å². The Bertz CT molecular complexity index is 551. The van der Waals surface area contributed by atoms with Gasteiger partial charge in [0.25, 0.3) is 0 Å². The second kappa shape index (κ2) is 9.33. The lowest BCUT2D eigenvalue weighted by Crippen LogP contribution is -2.23. The summed E-state index contributed by atoms with van der Waals surface area (Å²) in [5, 5.41) is 0. The van der Waals surface area contributed by atoms with E-state index < -0.39 is 11.6 Å². The molecule has 2 aliphatic carbocycles. The third-order valence-electron chi connectivity index (χ3n) is 7.36. The molecule has 26 heavy (non-hydrogen) atoms. The second-order valence-corrected chi connectivity index (χ2v) is 9.17. The largest absolute Gasteiger partial charge is 0.204 e. The quantitative estimate of drug-likeness (QED) is 0.483. The summed E-state index contributed by atoms with van der Waals surface area (Å²) in [6.45, 7) is 4.79. The van der Waals surface area contributed by atoms with E-state index in [1.54, 1.807) is 6.07 Å². The maximum Gasteiger partial charge on any atom is 0.159 e. The van der Waals surface area contributed by atoms with Crippen molar-refractivity contribution in [3.05, 3.63) is 35.4 Å². The predicted octanol–water partition coefficient (Wildman–Crippen LogP) is 7.87. The van der Waals surface area contributed by atoms with E-state index in [1.165, 1.54) is 69.9 Å². The van der Waals surface area contributed by atoms with Crippen molar-refractivity contribution in [2.24, 2.45) is 23.7 Å². The number of benzene rings is 1. The minimum Gasteiger partial charge on any atom is -0.204 e. The summed E-state index contributed by atoms with van der Waals surface area (Å²) in [5.41, 5.74) is 0.990. The average molecular weight is 363 g/mol. The van der Waals surface area contributed by atoms with Crippen molar-refractivity contribution in [2.45, 2.75) is 90.4 Å². The maximum atomic E-state index is 13.5. The molecule has 0 spiro atoms. The highest BCUT2D eigenvalue weighted by molar-refractivity contribution is 5.22. The molecule has 1 aromatic rings. The molecule has 2 aliphatic rings. The van der Waals surface area contributed by atoms with Crippen molar-refractivity contribution in [1.82, 2.24) is 0 Å². The molecule has 3 rings (SSSR count). The molecule has 1 atom stereocenters. The molecule has 0 aliphatic heterocycles. The highest BCUT2D eigenvalue weighted by Gasteiger charge is 2.29. The van der Waals surface area contributed by atoms with Crippen LogP contribution in [0.3, 0.4) is 0 Å². The third-order valence-corrected chi connectivity index (χ3v) is 7.36. The molecule has 2 saturated carbocycles. The molecule has 0 radical (unpaired) electrons. The van der Waals surface area contributed by atoms with Gasteiger partial charge in [0, 0.05) is 0 Å². The van der Waals surface area contributed by atoms with E-state index in [0.29, 0.717) is 5.92 Å². The first-order valence-corrected chi connectivity index (χ1v) is 11.0. The molecule has 2 fully saturated rings. The zero-order valence-electron chi connectivity index (χ0n) is 16.7. The van der Waals surface area contributed by atoms with Gasteiger partial charge in [-0.05, 0) is 92.2 Å². The van der Waals surface area contributed by atoms with Crippen LogP contribution >= 0.6 is 0 Å². The van der Waals surface area contributed by atoms with Gasteiger partial charge in [-0.25, -0.2) is 8.78 Å². The summed E-state index contributed by atoms with van der Waals surface area (Å²) in [6, 6.07) is 4.48. The van der Waals surface area contributed by atoms with Crippen LogP contribution < -0.4 is 0 Å². The lowest BCUT2D eigenvalue weighted by Gasteiger charge is -2.36. The molecule has 0 bridgehead atoms. The molecule has 0 unspecified atom stereocenters. The first-order chi connectivity index (χ1) is 12.6. The predicted molar refractivity (Wildman–Crippen MR) is 105 cm³/mol. The number of halogens is 2. The standard InChI is InChI=1S/C24H36F2/c1-3-4-18-5-9-20(10-6-18)17(2)15-19-7-11-21(12-8-19)22-13-14-23(25)24(26)16-22/h13-14,16-21H,3-12,15H2,1-2H3/t17-,18?,19?,20?,21?/m1/s1. The summed E-state index contributed by atoms with van der Waals surface area (Å²) < 4.78 is 26.6. The minimum atomic E-state index is -0.732. The zero-order valence-corrected chi connectivity index (χ0v) is 16.7. The van der Waals surface area contributed by atoms with E-state index >= 15 is 0 Å². The molecular weight excluding hydrogens is 326 g/mol. The minimum absolute atomic E-state index is 0.418. The molecule has 2 heteroatoms. The topological polar surface area (TPSA) is 0 Å². The number of rotatable bonds is 6. The van der Waals surface area contributed by atoms with E-state index in [-0.39, 0.29) is 0 Å². The van der Waals surface area contributed by atoms with Gasteiger partial charge in [0.1, 0.15) is 0 Å². The summed E-state index contributed by atoms with van der Waals surface area (Å²) in [4.78, 5) is 0. The second-order valence-electron chi connectivity index (χ2n) is 9.17. The molecule has 146 valence electrons. The SMILES string of the molecule is CCCC1CCC([C@H](C)CC2CCC(c3ccc(F)c(F)c3)CC2)CC1. The molecular formula is C24H36F2. The molecule has 0 saturated heterocycles. The van der Waals surface area contributed by atoms with Crippen LogP contribution in [0.15, 0.2) is 18.2 Å². The Hall–Kier alpha value is -0.920. The van der Waals surface area contributed by atoms with Crippen molar-refractivity contribution >= 4 is 0 Å². The Morgan fingerprint density at radius 2 is 1.54 bits per heavy atom. The summed E-state index contributed by atoms with van der Waals surface area (Å²) in [6.07, 6.45) is 14.7. The lowest BCUT2D eigenvalue weighted by molar-refractivity contribution is 0.169. The van der Waals surface area contributed by atoms with Crippen molar-refractivity contribution in [2.75, 3.05) is 0 Å². The number of hydrogen-bond donors (Lipinski definition) is 0. The summed E-state index contributed by atoms with van der Waals surface area (Å²) in [7, 11) is 0. The zero-order chi connectivity index (χ0) is 18.5. The van der Waals surface area contributed by atoms with Gasteiger partial charge in [0.05, 0.1) is 0 Å². The van der Waals surface area contributed by atoms with E-state index in [2.05, 4.69) is 13.8 Å². The molecule has 0 aromatic heterocycles. The smallest absolute Gasteiger partial charge is 0.159 e. The Kier molecular flexibility index (Phi) is 7.12. The molecule has 0 nitrogen and oxygen atoms in total. The van der Waals surface area contributed by atoms with E-state index in [1.807, 2.05) is 0 Å². The molecule has 0 amide bonds. The van der Waals surface area contributed by atoms with Crippen LogP contribution in [0.5, 0.6) is 0 Å². The van der Waals surface area contributed by atoms with Gasteiger partial charge in [-0.1, -0.05) is 45.6 Å². The summed E-state index contributed by atoms with van der Waals surface area (Å²) in [5.74, 6) is 2.60. The third kappa shape index (κ3) is 5.08. The van der Waals surface area contributed by atoms with Crippen LogP contribution in [0.1, 0.15) is 96.0 Å². The Labute approximate surface area is 158 Å². The van der Waals surface area contributed by atoms with Gasteiger partial charge in [-0.3, -0.25) is 0 Å². The van der Waals surface area contributed by atoms with Crippen molar-refractivity contribution in [3.8, 4) is 0 Å². The van der Waals surface area contributed by atoms with Gasteiger partial charge in [-0.15, -0.1) is 0 Å². The average Bonchev–Trinajstić information content (AvgIpc) is 2.65. The maximum absolute atomic E-state index is 13.5. The lowest BCUT2D eigenvalue weighted by atomic mass is 9.70. The van der Waals surface area contributed by atoms with Crippen LogP contribution in [0, 0.1) is 35.3 Å². The Morgan fingerprint density at radius 1 is 0.885 bits per heavy atom. The van der Waals surface area contributed by atoms with Crippen LogP contribution in [-0.2, 0) is 0 Å². The van der Waals surface area contributed by atoms with Crippen molar-refractivity contribution < 1.29 is 8.78 Å². The van der Waals surface area contributed by atoms with Crippen LogP contribution in [0.4, 0.5) is 8.78 Å². The van der Waals surface area contributed by atoms with E-state index in [4.69, 9.17) is 0 Å². The Balaban J connectivity index is 1.43. The molecule has 0 heterocycles. The Morgan fingerprint density at radius 3 is 2.15 bits per heavy atom. The van der Waals surface area contributed by atoms with Gasteiger partial charge < -0.3 is 0 Å². The first-order valence-electron chi connectivity index (χ1n) is 11.0. The fourth-order valence-electron chi connectivity index (χ4n) is 5.67. The highest BCUT2D eigenvalue weighted by atomic mass is 19.2. The van der Waals surface area contributed by atoms with Gasteiger partial charge in [-0.2, -0.15) is 0 Å². The number of hydrogen-bond acceptors (Lipinski definition) is 0. The van der Waals surface area contributed by atoms with Crippen molar-refractivity contribution in [3.63, 3.8) is 0 Å².